The second-order valence-electron chi connectivity index (χ2n) is 5.79. The van der Waals surface area contributed by atoms with Gasteiger partial charge in [-0.15, -0.1) is 5.10 Å². The van der Waals surface area contributed by atoms with E-state index in [1.807, 2.05) is 32.0 Å². The highest BCUT2D eigenvalue weighted by Crippen LogP contribution is 2.30. The molecule has 0 bridgehead atoms. The molecule has 0 aliphatic carbocycles. The summed E-state index contributed by atoms with van der Waals surface area (Å²) in [6.45, 7) is 4.02. The van der Waals surface area contributed by atoms with Crippen LogP contribution in [0.3, 0.4) is 0 Å². The fraction of sp³-hybridized carbons (Fsp3) is 0.167. The third kappa shape index (κ3) is 4.27. The molecular weight excluding hydrogens is 343 g/mol. The number of aryl methyl sites for hydroxylation is 2. The number of halogens is 3. The molecule has 0 aliphatic rings. The number of alkyl halides is 3. The summed E-state index contributed by atoms with van der Waals surface area (Å²) in [7, 11) is 0. The SMILES string of the molecule is Cc1ccc(Nc2nncc(Nc3ccc(C(F)(F)F)cc3)n2)cc1C. The van der Waals surface area contributed by atoms with Gasteiger partial charge in [-0.3, -0.25) is 0 Å². The molecule has 5 nitrogen and oxygen atoms in total. The minimum absolute atomic E-state index is 0.283. The molecule has 8 heteroatoms. The minimum atomic E-state index is -4.36. The highest BCUT2D eigenvalue weighted by Gasteiger charge is 2.29. The van der Waals surface area contributed by atoms with Gasteiger partial charge in [-0.1, -0.05) is 6.07 Å². The first-order chi connectivity index (χ1) is 12.3. The Morgan fingerprint density at radius 1 is 0.846 bits per heavy atom. The van der Waals surface area contributed by atoms with Crippen LogP contribution in [-0.2, 0) is 6.18 Å². The highest BCUT2D eigenvalue weighted by atomic mass is 19.4. The van der Waals surface area contributed by atoms with Gasteiger partial charge in [0.25, 0.3) is 0 Å². The quantitative estimate of drug-likeness (QED) is 0.687. The molecule has 0 amide bonds. The Hall–Kier alpha value is -3.16. The van der Waals surface area contributed by atoms with Gasteiger partial charge in [0.1, 0.15) is 0 Å². The van der Waals surface area contributed by atoms with Gasteiger partial charge < -0.3 is 10.6 Å². The summed E-state index contributed by atoms with van der Waals surface area (Å²) in [6, 6.07) is 10.5. The van der Waals surface area contributed by atoms with E-state index in [0.717, 1.165) is 23.4 Å². The lowest BCUT2D eigenvalue weighted by Crippen LogP contribution is -2.05. The van der Waals surface area contributed by atoms with Crippen LogP contribution in [0, 0.1) is 13.8 Å². The third-order valence-corrected chi connectivity index (χ3v) is 3.81. The van der Waals surface area contributed by atoms with Gasteiger partial charge in [-0.25, -0.2) is 0 Å². The number of rotatable bonds is 4. The standard InChI is InChI=1S/C18H16F3N5/c1-11-3-6-15(9-12(11)2)24-17-25-16(10-22-26-17)23-14-7-4-13(5-8-14)18(19,20)21/h3-10H,1-2H3,(H2,23,24,25,26). The predicted octanol–water partition coefficient (Wildman–Crippen LogP) is 4.99. The molecule has 0 radical (unpaired) electrons. The molecule has 0 spiro atoms. The number of hydrogen-bond acceptors (Lipinski definition) is 5. The smallest absolute Gasteiger partial charge is 0.339 e. The zero-order valence-corrected chi connectivity index (χ0v) is 14.1. The monoisotopic (exact) mass is 359 g/mol. The third-order valence-electron chi connectivity index (χ3n) is 3.81. The van der Waals surface area contributed by atoms with E-state index in [2.05, 4.69) is 25.8 Å². The Kier molecular flexibility index (Phi) is 4.75. The van der Waals surface area contributed by atoms with Crippen molar-refractivity contribution in [2.24, 2.45) is 0 Å². The van der Waals surface area contributed by atoms with Crippen LogP contribution in [0.1, 0.15) is 16.7 Å². The Bertz CT molecular complexity index is 907. The van der Waals surface area contributed by atoms with Gasteiger partial charge in [0.05, 0.1) is 11.8 Å². The predicted molar refractivity (Wildman–Crippen MR) is 93.8 cm³/mol. The Morgan fingerprint density at radius 3 is 2.19 bits per heavy atom. The van der Waals surface area contributed by atoms with E-state index in [1.54, 1.807) is 0 Å². The summed E-state index contributed by atoms with van der Waals surface area (Å²) in [6.07, 6.45) is -2.97. The summed E-state index contributed by atoms with van der Waals surface area (Å²) in [4.78, 5) is 4.27. The Morgan fingerprint density at radius 2 is 1.54 bits per heavy atom. The van der Waals surface area contributed by atoms with Crippen LogP contribution in [-0.4, -0.2) is 15.2 Å². The van der Waals surface area contributed by atoms with Gasteiger partial charge >= 0.3 is 6.18 Å². The van der Waals surface area contributed by atoms with Crippen molar-refractivity contribution in [2.45, 2.75) is 20.0 Å². The zero-order chi connectivity index (χ0) is 18.7. The lowest BCUT2D eigenvalue weighted by molar-refractivity contribution is -0.137. The summed E-state index contributed by atoms with van der Waals surface area (Å²) in [5, 5.41) is 13.7. The van der Waals surface area contributed by atoms with Gasteiger partial charge in [0.2, 0.25) is 5.95 Å². The lowest BCUT2D eigenvalue weighted by atomic mass is 10.1. The number of anilines is 4. The van der Waals surface area contributed by atoms with Crippen molar-refractivity contribution in [3.63, 3.8) is 0 Å². The molecule has 1 aromatic heterocycles. The molecule has 1 heterocycles. The number of aromatic nitrogens is 3. The highest BCUT2D eigenvalue weighted by molar-refractivity contribution is 5.59. The van der Waals surface area contributed by atoms with Gasteiger partial charge in [-0.2, -0.15) is 23.3 Å². The number of nitrogens with zero attached hydrogens (tertiary/aromatic N) is 3. The molecule has 2 N–H and O–H groups in total. The van der Waals surface area contributed by atoms with Gasteiger partial charge in [0, 0.05) is 11.4 Å². The maximum atomic E-state index is 12.6. The number of hydrogen-bond donors (Lipinski definition) is 2. The van der Waals surface area contributed by atoms with Crippen molar-refractivity contribution in [3.8, 4) is 0 Å². The van der Waals surface area contributed by atoms with Crippen LogP contribution >= 0.6 is 0 Å². The van der Waals surface area contributed by atoms with E-state index in [4.69, 9.17) is 0 Å². The molecule has 0 saturated heterocycles. The molecule has 26 heavy (non-hydrogen) atoms. The van der Waals surface area contributed by atoms with Gasteiger partial charge in [0.15, 0.2) is 5.82 Å². The largest absolute Gasteiger partial charge is 0.416 e. The summed E-state index contributed by atoms with van der Waals surface area (Å²) >= 11 is 0. The molecule has 134 valence electrons. The average molecular weight is 359 g/mol. The van der Waals surface area contributed by atoms with Crippen LogP contribution in [0.2, 0.25) is 0 Å². The first-order valence-corrected chi connectivity index (χ1v) is 7.79. The second kappa shape index (κ2) is 6.99. The van der Waals surface area contributed by atoms with Crippen LogP contribution in [0.5, 0.6) is 0 Å². The van der Waals surface area contributed by atoms with Crippen molar-refractivity contribution in [3.05, 3.63) is 65.4 Å². The van der Waals surface area contributed by atoms with E-state index >= 15 is 0 Å². The van der Waals surface area contributed by atoms with E-state index in [9.17, 15) is 13.2 Å². The first-order valence-electron chi connectivity index (χ1n) is 7.79. The normalized spacial score (nSPS) is 11.3. The molecule has 0 unspecified atom stereocenters. The van der Waals surface area contributed by atoms with Crippen molar-refractivity contribution < 1.29 is 13.2 Å². The van der Waals surface area contributed by atoms with Crippen LogP contribution in [0.15, 0.2) is 48.7 Å². The van der Waals surface area contributed by atoms with E-state index in [0.29, 0.717) is 11.5 Å². The molecule has 0 aliphatic heterocycles. The van der Waals surface area contributed by atoms with Gasteiger partial charge in [-0.05, 0) is 61.4 Å². The Balaban J connectivity index is 1.73. The van der Waals surface area contributed by atoms with Crippen LogP contribution in [0.4, 0.5) is 36.3 Å². The molecule has 3 aromatic rings. The molecular formula is C18H16F3N5. The number of benzene rings is 2. The lowest BCUT2D eigenvalue weighted by Gasteiger charge is -2.10. The summed E-state index contributed by atoms with van der Waals surface area (Å²) < 4.78 is 37.8. The fourth-order valence-electron chi connectivity index (χ4n) is 2.26. The van der Waals surface area contributed by atoms with E-state index < -0.39 is 11.7 Å². The fourth-order valence-corrected chi connectivity index (χ4v) is 2.26. The minimum Gasteiger partial charge on any atom is -0.339 e. The molecule has 0 saturated carbocycles. The van der Waals surface area contributed by atoms with E-state index in [-0.39, 0.29) is 5.95 Å². The second-order valence-corrected chi connectivity index (χ2v) is 5.79. The average Bonchev–Trinajstić information content (AvgIpc) is 2.58. The Labute approximate surface area is 148 Å². The summed E-state index contributed by atoms with van der Waals surface area (Å²) in [5.74, 6) is 0.649. The van der Waals surface area contributed by atoms with Crippen LogP contribution < -0.4 is 10.6 Å². The molecule has 0 fully saturated rings. The van der Waals surface area contributed by atoms with Crippen molar-refractivity contribution in [1.82, 2.24) is 15.2 Å². The first kappa shape index (κ1) is 17.7. The zero-order valence-electron chi connectivity index (χ0n) is 14.1. The van der Waals surface area contributed by atoms with Crippen LogP contribution in [0.25, 0.3) is 0 Å². The van der Waals surface area contributed by atoms with Crippen molar-refractivity contribution in [1.29, 1.82) is 0 Å². The maximum Gasteiger partial charge on any atom is 0.416 e. The topological polar surface area (TPSA) is 62.7 Å². The maximum absolute atomic E-state index is 12.6. The van der Waals surface area contributed by atoms with Crippen molar-refractivity contribution in [2.75, 3.05) is 10.6 Å². The van der Waals surface area contributed by atoms with Crippen molar-refractivity contribution >= 4 is 23.1 Å². The van der Waals surface area contributed by atoms with E-state index in [1.165, 1.54) is 23.9 Å². The molecule has 2 aromatic carbocycles. The summed E-state index contributed by atoms with van der Waals surface area (Å²) in [5.41, 5.74) is 2.88. The molecule has 0 atom stereocenters. The molecule has 3 rings (SSSR count). The number of nitrogens with one attached hydrogen (secondary N) is 2.